The van der Waals surface area contributed by atoms with Crippen LogP contribution in [-0.4, -0.2) is 11.7 Å². The smallest absolute Gasteiger partial charge is 0.133 e. The van der Waals surface area contributed by atoms with Gasteiger partial charge in [-0.2, -0.15) is 0 Å². The summed E-state index contributed by atoms with van der Waals surface area (Å²) < 4.78 is 11.3. The second-order valence-corrected chi connectivity index (χ2v) is 4.47. The van der Waals surface area contributed by atoms with Gasteiger partial charge < -0.3 is 14.6 Å². The van der Waals surface area contributed by atoms with Crippen molar-refractivity contribution >= 4 is 0 Å². The maximum absolute atomic E-state index is 10.0. The third-order valence-corrected chi connectivity index (χ3v) is 3.01. The lowest BCUT2D eigenvalue weighted by molar-refractivity contribution is 0.170. The Balaban J connectivity index is 2.23. The van der Waals surface area contributed by atoms with Crippen LogP contribution in [0.15, 0.2) is 48.5 Å². The van der Waals surface area contributed by atoms with Crippen LogP contribution >= 0.6 is 0 Å². The summed E-state index contributed by atoms with van der Waals surface area (Å²) in [4.78, 5) is 0. The van der Waals surface area contributed by atoms with Crippen LogP contribution in [0.4, 0.5) is 0 Å². The first-order valence-corrected chi connectivity index (χ1v) is 6.92. The van der Waals surface area contributed by atoms with Gasteiger partial charge in [-0.1, -0.05) is 31.2 Å². The number of rotatable bonds is 6. The van der Waals surface area contributed by atoms with E-state index in [1.165, 1.54) is 0 Å². The summed E-state index contributed by atoms with van der Waals surface area (Å²) in [5, 5.41) is 10.0. The van der Waals surface area contributed by atoms with Crippen molar-refractivity contribution in [2.75, 3.05) is 6.61 Å². The van der Waals surface area contributed by atoms with Crippen LogP contribution in [0.5, 0.6) is 17.2 Å². The molecule has 0 aromatic heterocycles. The highest BCUT2D eigenvalue weighted by Gasteiger charge is 2.11. The monoisotopic (exact) mass is 272 g/mol. The first kappa shape index (κ1) is 14.4. The maximum Gasteiger partial charge on any atom is 0.133 e. The molecule has 0 saturated heterocycles. The third kappa shape index (κ3) is 3.52. The second kappa shape index (κ2) is 6.96. The molecule has 0 bridgehead atoms. The van der Waals surface area contributed by atoms with Gasteiger partial charge >= 0.3 is 0 Å². The minimum absolute atomic E-state index is 0.513. The summed E-state index contributed by atoms with van der Waals surface area (Å²) in [6.45, 7) is 4.51. The molecule has 0 amide bonds. The predicted octanol–water partition coefficient (Wildman–Crippen LogP) is 4.32. The summed E-state index contributed by atoms with van der Waals surface area (Å²) in [6.07, 6.45) is 0.139. The van der Waals surface area contributed by atoms with Gasteiger partial charge in [-0.25, -0.2) is 0 Å². The van der Waals surface area contributed by atoms with Gasteiger partial charge in [0.1, 0.15) is 17.2 Å². The number of aliphatic hydroxyl groups is 1. The average Bonchev–Trinajstić information content (AvgIpc) is 2.48. The number of benzene rings is 2. The molecule has 0 saturated carbocycles. The van der Waals surface area contributed by atoms with Crippen molar-refractivity contribution in [3.8, 4) is 17.2 Å². The first-order chi connectivity index (χ1) is 9.74. The number of aliphatic hydroxyl groups excluding tert-OH is 1. The van der Waals surface area contributed by atoms with Gasteiger partial charge in [0.2, 0.25) is 0 Å². The molecule has 2 aromatic rings. The van der Waals surface area contributed by atoms with E-state index >= 15 is 0 Å². The van der Waals surface area contributed by atoms with E-state index in [0.29, 0.717) is 24.5 Å². The topological polar surface area (TPSA) is 38.7 Å². The Hall–Kier alpha value is -2.00. The van der Waals surface area contributed by atoms with Gasteiger partial charge in [-0.05, 0) is 31.5 Å². The lowest BCUT2D eigenvalue weighted by Crippen LogP contribution is -1.98. The summed E-state index contributed by atoms with van der Waals surface area (Å²) >= 11 is 0. The Bertz CT molecular complexity index is 551. The fraction of sp³-hybridized carbons (Fsp3) is 0.294. The van der Waals surface area contributed by atoms with E-state index < -0.39 is 6.10 Å². The van der Waals surface area contributed by atoms with E-state index in [0.717, 1.165) is 11.3 Å². The number of hydrogen-bond acceptors (Lipinski definition) is 3. The van der Waals surface area contributed by atoms with Crippen molar-refractivity contribution in [3.63, 3.8) is 0 Å². The molecule has 106 valence electrons. The molecule has 20 heavy (non-hydrogen) atoms. The molecule has 0 spiro atoms. The summed E-state index contributed by atoms with van der Waals surface area (Å²) in [7, 11) is 0. The third-order valence-electron chi connectivity index (χ3n) is 3.01. The Morgan fingerprint density at radius 2 is 1.75 bits per heavy atom. The van der Waals surface area contributed by atoms with Gasteiger partial charge in [0, 0.05) is 11.6 Å². The Labute approximate surface area is 119 Å². The predicted molar refractivity (Wildman–Crippen MR) is 79.4 cm³/mol. The summed E-state index contributed by atoms with van der Waals surface area (Å²) in [5.41, 5.74) is 0.803. The normalized spacial score (nSPS) is 11.9. The van der Waals surface area contributed by atoms with E-state index in [1.54, 1.807) is 0 Å². The van der Waals surface area contributed by atoms with Crippen LogP contribution in [0.25, 0.3) is 0 Å². The van der Waals surface area contributed by atoms with Crippen molar-refractivity contribution in [3.05, 3.63) is 54.1 Å². The number of ether oxygens (including phenoxy) is 2. The quantitative estimate of drug-likeness (QED) is 0.851. The highest BCUT2D eigenvalue weighted by atomic mass is 16.5. The molecule has 1 N–H and O–H groups in total. The van der Waals surface area contributed by atoms with Crippen molar-refractivity contribution in [2.45, 2.75) is 26.4 Å². The van der Waals surface area contributed by atoms with Gasteiger partial charge in [-0.15, -0.1) is 0 Å². The van der Waals surface area contributed by atoms with Gasteiger partial charge in [0.15, 0.2) is 0 Å². The zero-order chi connectivity index (χ0) is 14.4. The fourth-order valence-corrected chi connectivity index (χ4v) is 1.99. The van der Waals surface area contributed by atoms with Crippen LogP contribution in [0.3, 0.4) is 0 Å². The molecule has 0 aliphatic rings. The molecule has 2 rings (SSSR count). The van der Waals surface area contributed by atoms with E-state index in [2.05, 4.69) is 0 Å². The lowest BCUT2D eigenvalue weighted by atomic mass is 10.1. The Kier molecular flexibility index (Phi) is 5.02. The van der Waals surface area contributed by atoms with Crippen LogP contribution in [0.2, 0.25) is 0 Å². The SMILES string of the molecule is CCOc1cccc(Oc2ccccc2[C@H](O)CC)c1. The fourth-order valence-electron chi connectivity index (χ4n) is 1.99. The number of hydrogen-bond donors (Lipinski definition) is 1. The highest BCUT2D eigenvalue weighted by molar-refractivity contribution is 5.41. The zero-order valence-electron chi connectivity index (χ0n) is 11.9. The standard InChI is InChI=1S/C17H20O3/c1-3-16(18)15-10-5-6-11-17(15)20-14-9-7-8-13(12-14)19-4-2/h5-12,16,18H,3-4H2,1-2H3/t16-/m1/s1. The van der Waals surface area contributed by atoms with Gasteiger partial charge in [0.05, 0.1) is 12.7 Å². The molecular formula is C17H20O3. The van der Waals surface area contributed by atoms with Crippen LogP contribution in [-0.2, 0) is 0 Å². The van der Waals surface area contributed by atoms with Crippen molar-refractivity contribution in [2.24, 2.45) is 0 Å². The van der Waals surface area contributed by atoms with E-state index in [4.69, 9.17) is 9.47 Å². The van der Waals surface area contributed by atoms with Crippen LogP contribution in [0, 0.1) is 0 Å². The van der Waals surface area contributed by atoms with Crippen LogP contribution in [0.1, 0.15) is 31.9 Å². The molecule has 0 aliphatic carbocycles. The maximum atomic E-state index is 10.0. The lowest BCUT2D eigenvalue weighted by Gasteiger charge is -2.15. The molecule has 3 heteroatoms. The van der Waals surface area contributed by atoms with E-state index in [9.17, 15) is 5.11 Å². The number of para-hydroxylation sites is 1. The highest BCUT2D eigenvalue weighted by Crippen LogP contribution is 2.32. The minimum atomic E-state index is -0.513. The van der Waals surface area contributed by atoms with Crippen LogP contribution < -0.4 is 9.47 Å². The van der Waals surface area contributed by atoms with Gasteiger partial charge in [-0.3, -0.25) is 0 Å². The molecule has 0 fully saturated rings. The van der Waals surface area contributed by atoms with Crippen molar-refractivity contribution in [1.82, 2.24) is 0 Å². The summed E-state index contributed by atoms with van der Waals surface area (Å²) in [6, 6.07) is 15.0. The minimum Gasteiger partial charge on any atom is -0.494 e. The molecular weight excluding hydrogens is 252 g/mol. The Morgan fingerprint density at radius 1 is 1.00 bits per heavy atom. The molecule has 3 nitrogen and oxygen atoms in total. The Morgan fingerprint density at radius 3 is 2.50 bits per heavy atom. The molecule has 2 aromatic carbocycles. The molecule has 1 atom stereocenters. The molecule has 0 unspecified atom stereocenters. The van der Waals surface area contributed by atoms with Crippen molar-refractivity contribution < 1.29 is 14.6 Å². The van der Waals surface area contributed by atoms with Gasteiger partial charge in [0.25, 0.3) is 0 Å². The zero-order valence-corrected chi connectivity index (χ0v) is 11.9. The van der Waals surface area contributed by atoms with E-state index in [-0.39, 0.29) is 0 Å². The van der Waals surface area contributed by atoms with E-state index in [1.807, 2.05) is 62.4 Å². The summed E-state index contributed by atoms with van der Waals surface area (Å²) in [5.74, 6) is 2.15. The second-order valence-electron chi connectivity index (χ2n) is 4.47. The first-order valence-electron chi connectivity index (χ1n) is 6.92. The molecule has 0 aliphatic heterocycles. The average molecular weight is 272 g/mol. The van der Waals surface area contributed by atoms with Crippen molar-refractivity contribution in [1.29, 1.82) is 0 Å². The molecule has 0 heterocycles. The largest absolute Gasteiger partial charge is 0.494 e. The molecule has 0 radical (unpaired) electrons.